The molecule has 0 aliphatic carbocycles. The van der Waals surface area contributed by atoms with Gasteiger partial charge in [-0.05, 0) is 43.5 Å². The second-order valence-corrected chi connectivity index (χ2v) is 6.96. The summed E-state index contributed by atoms with van der Waals surface area (Å²) in [6, 6.07) is -0.161. The summed E-state index contributed by atoms with van der Waals surface area (Å²) in [5.41, 5.74) is 0. The van der Waals surface area contributed by atoms with Crippen molar-refractivity contribution in [2.24, 2.45) is 0 Å². The molecule has 172 valence electrons. The van der Waals surface area contributed by atoms with E-state index in [1.807, 2.05) is 0 Å². The topological polar surface area (TPSA) is 174 Å². The van der Waals surface area contributed by atoms with Crippen LogP contribution < -0.4 is 21.3 Å². The van der Waals surface area contributed by atoms with Crippen LogP contribution in [0.1, 0.15) is 26.2 Å². The Bertz CT molecular complexity index is 536. The fourth-order valence-corrected chi connectivity index (χ4v) is 2.14. The van der Waals surface area contributed by atoms with Crippen molar-refractivity contribution < 1.29 is 33.1 Å². The van der Waals surface area contributed by atoms with Crippen molar-refractivity contribution in [3.8, 4) is 0 Å². The number of aldehydes is 1. The molecule has 0 aromatic rings. The van der Waals surface area contributed by atoms with Crippen molar-refractivity contribution in [2.45, 2.75) is 32.2 Å². The van der Waals surface area contributed by atoms with Gasteiger partial charge in [0.25, 0.3) is 0 Å². The SMILES string of the molecule is CC(CCC(=O)NCCSO)NC(=O)CCNC(=O)/C=C\C=O.O=CNCCSO. The summed E-state index contributed by atoms with van der Waals surface area (Å²) in [5.74, 6) is 0.198. The third-order valence-corrected chi connectivity index (χ3v) is 3.90. The fraction of sp³-hybridized carbons (Fsp3) is 0.588. The summed E-state index contributed by atoms with van der Waals surface area (Å²) in [6.45, 7) is 2.89. The smallest absolute Gasteiger partial charge is 0.244 e. The van der Waals surface area contributed by atoms with E-state index in [4.69, 9.17) is 9.11 Å². The second-order valence-electron chi connectivity index (χ2n) is 5.63. The van der Waals surface area contributed by atoms with Gasteiger partial charge in [0.2, 0.25) is 24.1 Å². The lowest BCUT2D eigenvalue weighted by atomic mass is 10.1. The van der Waals surface area contributed by atoms with E-state index in [1.165, 1.54) is 0 Å². The Kier molecular flexibility index (Phi) is 23.3. The second kappa shape index (κ2) is 23.2. The first-order chi connectivity index (χ1) is 14.4. The molecule has 0 bridgehead atoms. The number of allylic oxidation sites excluding steroid dienone is 1. The molecule has 11 nitrogen and oxygen atoms in total. The van der Waals surface area contributed by atoms with Crippen molar-refractivity contribution >= 4 is 54.5 Å². The molecule has 1 unspecified atom stereocenters. The van der Waals surface area contributed by atoms with Crippen LogP contribution >= 0.6 is 24.1 Å². The summed E-state index contributed by atoms with van der Waals surface area (Å²) in [5, 5.41) is 10.2. The zero-order valence-corrected chi connectivity index (χ0v) is 18.4. The Hall–Kier alpha value is -2.09. The van der Waals surface area contributed by atoms with Gasteiger partial charge in [-0.3, -0.25) is 24.0 Å². The highest BCUT2D eigenvalue weighted by molar-refractivity contribution is 7.93. The lowest BCUT2D eigenvalue weighted by Gasteiger charge is -2.13. The van der Waals surface area contributed by atoms with Gasteiger partial charge >= 0.3 is 0 Å². The Labute approximate surface area is 184 Å². The molecule has 0 saturated heterocycles. The standard InChI is InChI=1S/C14H23N3O5S.C3H7NO2S/c1-11(4-5-13(20)16-8-10-23-22)17-14(21)6-7-15-12(19)3-2-9-18;5-3-4-1-2-7-6/h2-3,9,11,22H,4-8,10H2,1H3,(H,15,19)(H,16,20)(H,17,21);3,6H,1-2H2,(H,4,5)/b3-2-;. The van der Waals surface area contributed by atoms with Gasteiger partial charge in [0.15, 0.2) is 0 Å². The first kappa shape index (κ1) is 30.1. The number of amides is 4. The minimum Gasteiger partial charge on any atom is -0.358 e. The molecule has 4 amide bonds. The Morgan fingerprint density at radius 3 is 2.20 bits per heavy atom. The van der Waals surface area contributed by atoms with Gasteiger partial charge in [0, 0.05) is 56.1 Å². The molecule has 0 aliphatic rings. The molecule has 0 rings (SSSR count). The van der Waals surface area contributed by atoms with Crippen LogP contribution in [-0.4, -0.2) is 76.7 Å². The average Bonchev–Trinajstić information content (AvgIpc) is 2.72. The minimum absolute atomic E-state index is 0.116. The van der Waals surface area contributed by atoms with Crippen LogP contribution in [0, 0.1) is 0 Å². The van der Waals surface area contributed by atoms with E-state index in [1.54, 1.807) is 6.92 Å². The summed E-state index contributed by atoms with van der Waals surface area (Å²) in [7, 11) is 0. The number of hydrogen-bond donors (Lipinski definition) is 6. The van der Waals surface area contributed by atoms with Crippen molar-refractivity contribution in [3.05, 3.63) is 12.2 Å². The fourth-order valence-electron chi connectivity index (χ4n) is 1.74. The largest absolute Gasteiger partial charge is 0.358 e. The molecule has 0 aliphatic heterocycles. The van der Waals surface area contributed by atoms with Gasteiger partial charge in [-0.1, -0.05) is 0 Å². The summed E-state index contributed by atoms with van der Waals surface area (Å²) in [4.78, 5) is 53.7. The van der Waals surface area contributed by atoms with Crippen molar-refractivity contribution in [1.82, 2.24) is 21.3 Å². The van der Waals surface area contributed by atoms with Crippen LogP contribution in [0.2, 0.25) is 0 Å². The third kappa shape index (κ3) is 23.9. The van der Waals surface area contributed by atoms with E-state index >= 15 is 0 Å². The van der Waals surface area contributed by atoms with Crippen molar-refractivity contribution in [3.63, 3.8) is 0 Å². The summed E-state index contributed by atoms with van der Waals surface area (Å²) >= 11 is 1.39. The van der Waals surface area contributed by atoms with E-state index in [0.29, 0.717) is 55.8 Å². The highest BCUT2D eigenvalue weighted by Crippen LogP contribution is 1.97. The van der Waals surface area contributed by atoms with E-state index in [9.17, 15) is 24.0 Å². The van der Waals surface area contributed by atoms with E-state index < -0.39 is 5.91 Å². The third-order valence-electron chi connectivity index (χ3n) is 3.13. The molecule has 0 aromatic heterocycles. The molecular weight excluding hydrogens is 436 g/mol. The lowest BCUT2D eigenvalue weighted by molar-refractivity contribution is -0.123. The summed E-state index contributed by atoms with van der Waals surface area (Å²) in [6.07, 6.45) is 4.15. The predicted octanol–water partition coefficient (Wildman–Crippen LogP) is -0.206. The monoisotopic (exact) mass is 466 g/mol. The molecule has 0 heterocycles. The maximum Gasteiger partial charge on any atom is 0.244 e. The molecular formula is C17H30N4O7S2. The van der Waals surface area contributed by atoms with Crippen molar-refractivity contribution in [2.75, 3.05) is 31.1 Å². The highest BCUT2D eigenvalue weighted by atomic mass is 32.2. The molecule has 6 N–H and O–H groups in total. The van der Waals surface area contributed by atoms with Gasteiger partial charge in [-0.15, -0.1) is 0 Å². The van der Waals surface area contributed by atoms with Crippen LogP contribution in [0.4, 0.5) is 0 Å². The highest BCUT2D eigenvalue weighted by Gasteiger charge is 2.10. The zero-order valence-electron chi connectivity index (χ0n) is 16.8. The Morgan fingerprint density at radius 1 is 0.933 bits per heavy atom. The average molecular weight is 467 g/mol. The molecule has 0 radical (unpaired) electrons. The number of carbonyl (C=O) groups excluding carboxylic acids is 5. The van der Waals surface area contributed by atoms with E-state index in [0.717, 1.165) is 24.2 Å². The Morgan fingerprint density at radius 2 is 1.60 bits per heavy atom. The first-order valence-corrected chi connectivity index (χ1v) is 10.9. The first-order valence-electron chi connectivity index (χ1n) is 9.06. The quantitative estimate of drug-likeness (QED) is 0.0778. The lowest BCUT2D eigenvalue weighted by Crippen LogP contribution is -2.36. The van der Waals surface area contributed by atoms with Crippen LogP contribution in [0.5, 0.6) is 0 Å². The van der Waals surface area contributed by atoms with Gasteiger partial charge in [-0.2, -0.15) is 0 Å². The maximum atomic E-state index is 11.6. The Balaban J connectivity index is 0. The van der Waals surface area contributed by atoms with Gasteiger partial charge < -0.3 is 30.4 Å². The van der Waals surface area contributed by atoms with Gasteiger partial charge in [-0.25, -0.2) is 0 Å². The number of carbonyl (C=O) groups is 5. The normalized spacial score (nSPS) is 10.9. The minimum atomic E-state index is -0.435. The van der Waals surface area contributed by atoms with E-state index in [2.05, 4.69) is 21.3 Å². The number of rotatable bonds is 16. The van der Waals surface area contributed by atoms with E-state index in [-0.39, 0.29) is 37.2 Å². The molecule has 0 saturated carbocycles. The molecule has 0 spiro atoms. The zero-order chi connectivity index (χ0) is 23.0. The number of nitrogens with one attached hydrogen (secondary N) is 4. The molecule has 0 fully saturated rings. The summed E-state index contributed by atoms with van der Waals surface area (Å²) < 4.78 is 16.6. The number of hydrogen-bond acceptors (Lipinski definition) is 9. The molecule has 13 heteroatoms. The van der Waals surface area contributed by atoms with Crippen LogP contribution in [0.15, 0.2) is 12.2 Å². The van der Waals surface area contributed by atoms with Gasteiger partial charge in [0.05, 0.1) is 0 Å². The molecule has 0 aromatic carbocycles. The molecule has 30 heavy (non-hydrogen) atoms. The predicted molar refractivity (Wildman–Crippen MR) is 117 cm³/mol. The van der Waals surface area contributed by atoms with Crippen LogP contribution in [-0.2, 0) is 24.0 Å². The van der Waals surface area contributed by atoms with Crippen LogP contribution in [0.25, 0.3) is 0 Å². The van der Waals surface area contributed by atoms with Crippen LogP contribution in [0.3, 0.4) is 0 Å². The van der Waals surface area contributed by atoms with Crippen molar-refractivity contribution in [1.29, 1.82) is 0 Å². The van der Waals surface area contributed by atoms with Gasteiger partial charge in [0.1, 0.15) is 6.29 Å². The maximum absolute atomic E-state index is 11.6. The molecule has 1 atom stereocenters.